The standard InChI is InChI=1S/C11H9BrClFN2O3S/c1-16-3-2-7(15-16)6-19-10-5-9(14)11(4-8(10)12)20(13,17)18/h2-5H,6H2,1H3. The van der Waals surface area contributed by atoms with E-state index < -0.39 is 19.8 Å². The lowest BCUT2D eigenvalue weighted by atomic mass is 10.3. The van der Waals surface area contributed by atoms with E-state index in [9.17, 15) is 12.8 Å². The maximum Gasteiger partial charge on any atom is 0.264 e. The summed E-state index contributed by atoms with van der Waals surface area (Å²) in [7, 11) is 2.74. The van der Waals surface area contributed by atoms with E-state index in [-0.39, 0.29) is 16.8 Å². The number of rotatable bonds is 4. The highest BCUT2D eigenvalue weighted by Crippen LogP contribution is 2.32. The Morgan fingerprint density at radius 1 is 1.50 bits per heavy atom. The second kappa shape index (κ2) is 5.71. The highest BCUT2D eigenvalue weighted by atomic mass is 79.9. The molecule has 0 aliphatic heterocycles. The van der Waals surface area contributed by atoms with Crippen LogP contribution >= 0.6 is 26.6 Å². The summed E-state index contributed by atoms with van der Waals surface area (Å²) in [5.74, 6) is -0.809. The molecule has 0 bridgehead atoms. The molecule has 0 saturated heterocycles. The van der Waals surface area contributed by atoms with E-state index in [0.717, 1.165) is 12.1 Å². The molecule has 0 aliphatic rings. The van der Waals surface area contributed by atoms with Gasteiger partial charge < -0.3 is 4.74 Å². The van der Waals surface area contributed by atoms with Gasteiger partial charge in [-0.05, 0) is 28.1 Å². The fraction of sp³-hybridized carbons (Fsp3) is 0.182. The van der Waals surface area contributed by atoms with Crippen molar-refractivity contribution in [2.45, 2.75) is 11.5 Å². The van der Waals surface area contributed by atoms with Crippen molar-refractivity contribution in [2.75, 3.05) is 0 Å². The smallest absolute Gasteiger partial charge is 0.264 e. The summed E-state index contributed by atoms with van der Waals surface area (Å²) >= 11 is 3.11. The van der Waals surface area contributed by atoms with E-state index in [1.165, 1.54) is 0 Å². The van der Waals surface area contributed by atoms with Crippen molar-refractivity contribution in [1.82, 2.24) is 9.78 Å². The third-order valence-corrected chi connectivity index (χ3v) is 4.35. The van der Waals surface area contributed by atoms with Crippen LogP contribution in [-0.4, -0.2) is 18.2 Å². The lowest BCUT2D eigenvalue weighted by Crippen LogP contribution is -2.01. The van der Waals surface area contributed by atoms with Crippen LogP contribution in [0.1, 0.15) is 5.69 Å². The fourth-order valence-electron chi connectivity index (χ4n) is 1.50. The second-order valence-electron chi connectivity index (χ2n) is 3.92. The number of nitrogens with zero attached hydrogens (tertiary/aromatic N) is 2. The van der Waals surface area contributed by atoms with Crippen molar-refractivity contribution in [3.63, 3.8) is 0 Å². The lowest BCUT2D eigenvalue weighted by Gasteiger charge is -2.08. The van der Waals surface area contributed by atoms with Crippen LogP contribution in [0.3, 0.4) is 0 Å². The molecule has 0 unspecified atom stereocenters. The Bertz CT molecular complexity index is 748. The molecule has 0 N–H and O–H groups in total. The van der Waals surface area contributed by atoms with E-state index in [0.29, 0.717) is 5.69 Å². The number of hydrogen-bond acceptors (Lipinski definition) is 4. The van der Waals surface area contributed by atoms with Crippen LogP contribution in [0.25, 0.3) is 0 Å². The molecule has 0 aliphatic carbocycles. The summed E-state index contributed by atoms with van der Waals surface area (Å²) in [5, 5.41) is 4.10. The number of benzene rings is 1. The number of hydrogen-bond donors (Lipinski definition) is 0. The zero-order chi connectivity index (χ0) is 14.9. The maximum absolute atomic E-state index is 13.7. The molecule has 9 heteroatoms. The minimum Gasteiger partial charge on any atom is -0.486 e. The van der Waals surface area contributed by atoms with Crippen molar-refractivity contribution >= 4 is 35.7 Å². The first-order chi connectivity index (χ1) is 9.27. The van der Waals surface area contributed by atoms with E-state index in [2.05, 4.69) is 21.0 Å². The van der Waals surface area contributed by atoms with Crippen molar-refractivity contribution < 1.29 is 17.5 Å². The van der Waals surface area contributed by atoms with E-state index in [1.807, 2.05) is 0 Å². The van der Waals surface area contributed by atoms with Gasteiger partial charge >= 0.3 is 0 Å². The number of aryl methyl sites for hydroxylation is 1. The number of halogens is 3. The Hall–Kier alpha value is -1.12. The van der Waals surface area contributed by atoms with Gasteiger partial charge in [-0.1, -0.05) is 0 Å². The first kappa shape index (κ1) is 15.3. The summed E-state index contributed by atoms with van der Waals surface area (Å²) in [5.41, 5.74) is 0.661. The van der Waals surface area contributed by atoms with Crippen LogP contribution in [0.5, 0.6) is 5.75 Å². The van der Waals surface area contributed by atoms with Gasteiger partial charge in [0.05, 0.1) is 10.2 Å². The van der Waals surface area contributed by atoms with Crippen LogP contribution in [0.15, 0.2) is 33.8 Å². The van der Waals surface area contributed by atoms with E-state index in [1.54, 1.807) is 24.0 Å². The van der Waals surface area contributed by atoms with Gasteiger partial charge in [0.15, 0.2) is 0 Å². The highest BCUT2D eigenvalue weighted by molar-refractivity contribution is 9.10. The van der Waals surface area contributed by atoms with Crippen LogP contribution < -0.4 is 4.74 Å². The normalized spacial score (nSPS) is 11.6. The molecule has 0 radical (unpaired) electrons. The van der Waals surface area contributed by atoms with E-state index >= 15 is 0 Å². The maximum atomic E-state index is 13.7. The minimum atomic E-state index is -4.14. The summed E-state index contributed by atoms with van der Waals surface area (Å²) < 4.78 is 43.3. The molecule has 0 fully saturated rings. The second-order valence-corrected chi connectivity index (χ2v) is 7.31. The Balaban J connectivity index is 2.23. The van der Waals surface area contributed by atoms with E-state index in [4.69, 9.17) is 15.4 Å². The van der Waals surface area contributed by atoms with Crippen LogP contribution in [0.2, 0.25) is 0 Å². The zero-order valence-electron chi connectivity index (χ0n) is 10.2. The first-order valence-corrected chi connectivity index (χ1v) is 8.42. The van der Waals surface area contributed by atoms with Crippen LogP contribution in [-0.2, 0) is 22.7 Å². The van der Waals surface area contributed by atoms with Gasteiger partial charge in [-0.15, -0.1) is 0 Å². The fourth-order valence-corrected chi connectivity index (χ4v) is 3.01. The summed E-state index contributed by atoms with van der Waals surface area (Å²) in [6.07, 6.45) is 1.75. The third-order valence-electron chi connectivity index (χ3n) is 2.39. The molecular formula is C11H9BrClFN2O3S. The quantitative estimate of drug-likeness (QED) is 0.762. The third kappa shape index (κ3) is 3.50. The van der Waals surface area contributed by atoms with Gasteiger partial charge in [-0.2, -0.15) is 5.10 Å². The molecule has 20 heavy (non-hydrogen) atoms. The Morgan fingerprint density at radius 3 is 2.75 bits per heavy atom. The molecule has 108 valence electrons. The van der Waals surface area contributed by atoms with Gasteiger partial charge in [0, 0.05) is 30.0 Å². The van der Waals surface area contributed by atoms with Crippen LogP contribution in [0.4, 0.5) is 4.39 Å². The number of ether oxygens (including phenoxy) is 1. The Morgan fingerprint density at radius 2 is 2.20 bits per heavy atom. The van der Waals surface area contributed by atoms with Gasteiger partial charge in [0.2, 0.25) is 0 Å². The topological polar surface area (TPSA) is 61.2 Å². The molecule has 5 nitrogen and oxygen atoms in total. The molecule has 2 aromatic rings. The zero-order valence-corrected chi connectivity index (χ0v) is 13.3. The van der Waals surface area contributed by atoms with Gasteiger partial charge in [-0.25, -0.2) is 12.8 Å². The predicted octanol–water partition coefficient (Wildman–Crippen LogP) is 2.83. The average Bonchev–Trinajstić information content (AvgIpc) is 2.74. The summed E-state index contributed by atoms with van der Waals surface area (Å²) in [4.78, 5) is -0.601. The molecular weight excluding hydrogens is 375 g/mol. The van der Waals surface area contributed by atoms with Gasteiger partial charge in [0.25, 0.3) is 9.05 Å². The molecule has 0 atom stereocenters. The molecule has 1 aromatic heterocycles. The largest absolute Gasteiger partial charge is 0.486 e. The summed E-state index contributed by atoms with van der Waals surface area (Å²) in [6, 6.07) is 3.77. The van der Waals surface area contributed by atoms with Crippen molar-refractivity contribution in [3.8, 4) is 5.75 Å². The predicted molar refractivity (Wildman–Crippen MR) is 74.7 cm³/mol. The SMILES string of the molecule is Cn1ccc(COc2cc(F)c(S(=O)(=O)Cl)cc2Br)n1. The molecule has 1 heterocycles. The molecule has 0 spiro atoms. The molecule has 1 aromatic carbocycles. The Labute approximate surface area is 127 Å². The Kier molecular flexibility index (Phi) is 4.36. The molecule has 0 amide bonds. The molecule has 0 saturated carbocycles. The average molecular weight is 384 g/mol. The monoisotopic (exact) mass is 382 g/mol. The van der Waals surface area contributed by atoms with Gasteiger partial charge in [-0.3, -0.25) is 4.68 Å². The highest BCUT2D eigenvalue weighted by Gasteiger charge is 2.19. The van der Waals surface area contributed by atoms with Crippen molar-refractivity contribution in [1.29, 1.82) is 0 Å². The lowest BCUT2D eigenvalue weighted by molar-refractivity contribution is 0.296. The first-order valence-electron chi connectivity index (χ1n) is 5.32. The number of aromatic nitrogens is 2. The summed E-state index contributed by atoms with van der Waals surface area (Å²) in [6.45, 7) is 0.131. The minimum absolute atomic E-state index is 0.131. The molecule has 2 rings (SSSR count). The van der Waals surface area contributed by atoms with Crippen molar-refractivity contribution in [3.05, 3.63) is 40.4 Å². The van der Waals surface area contributed by atoms with Gasteiger partial charge in [0.1, 0.15) is 23.1 Å². The van der Waals surface area contributed by atoms with Crippen LogP contribution in [0, 0.1) is 5.82 Å². The van der Waals surface area contributed by atoms with Crippen molar-refractivity contribution in [2.24, 2.45) is 7.05 Å².